The zero-order valence-corrected chi connectivity index (χ0v) is 15.9. The molecule has 27 heavy (non-hydrogen) atoms. The molecule has 9 heteroatoms. The Balaban J connectivity index is 1.59. The fourth-order valence-electron chi connectivity index (χ4n) is 2.80. The third-order valence-corrected chi connectivity index (χ3v) is 4.90. The minimum atomic E-state index is -0.286. The Morgan fingerprint density at radius 3 is 2.70 bits per heavy atom. The van der Waals surface area contributed by atoms with Crippen LogP contribution in [0.15, 0.2) is 42.0 Å². The van der Waals surface area contributed by atoms with Crippen LogP contribution in [0.5, 0.6) is 0 Å². The summed E-state index contributed by atoms with van der Waals surface area (Å²) >= 11 is 1.58. The largest absolute Gasteiger partial charge is 0.305 e. The second kappa shape index (κ2) is 6.76. The molecule has 4 aromatic heterocycles. The lowest BCUT2D eigenvalue weighted by Crippen LogP contribution is -2.17. The van der Waals surface area contributed by atoms with Crippen molar-refractivity contribution in [2.75, 3.05) is 5.32 Å². The van der Waals surface area contributed by atoms with Crippen LogP contribution in [-0.2, 0) is 7.05 Å². The summed E-state index contributed by atoms with van der Waals surface area (Å²) in [6.07, 6.45) is 1.40. The monoisotopic (exact) mass is 379 g/mol. The van der Waals surface area contributed by atoms with Crippen molar-refractivity contribution in [3.05, 3.63) is 59.1 Å². The molecule has 0 aromatic carbocycles. The highest BCUT2D eigenvalue weighted by Gasteiger charge is 2.16. The van der Waals surface area contributed by atoms with Gasteiger partial charge in [-0.3, -0.25) is 9.48 Å². The fourth-order valence-corrected chi connectivity index (χ4v) is 3.48. The summed E-state index contributed by atoms with van der Waals surface area (Å²) in [6, 6.07) is 9.34. The number of aromatic nitrogens is 6. The van der Waals surface area contributed by atoms with Crippen molar-refractivity contribution in [1.82, 2.24) is 29.5 Å². The number of aryl methyl sites for hydroxylation is 3. The lowest BCUT2D eigenvalue weighted by molar-refractivity contribution is 0.101. The highest BCUT2D eigenvalue weighted by Crippen LogP contribution is 2.24. The maximum Gasteiger partial charge on any atom is 0.275 e. The van der Waals surface area contributed by atoms with Crippen LogP contribution in [-0.4, -0.2) is 35.4 Å². The van der Waals surface area contributed by atoms with Crippen LogP contribution in [0.25, 0.3) is 16.4 Å². The van der Waals surface area contributed by atoms with Crippen molar-refractivity contribution in [3.63, 3.8) is 0 Å². The molecule has 0 saturated heterocycles. The average Bonchev–Trinajstić information content (AvgIpc) is 3.35. The summed E-state index contributed by atoms with van der Waals surface area (Å²) in [5.74, 6) is 0.706. The molecule has 1 amide bonds. The molecule has 0 spiro atoms. The van der Waals surface area contributed by atoms with Gasteiger partial charge in [-0.05, 0) is 37.4 Å². The van der Waals surface area contributed by atoms with Gasteiger partial charge in [0.05, 0.1) is 10.6 Å². The first-order valence-electron chi connectivity index (χ1n) is 8.26. The molecule has 4 aromatic rings. The molecule has 0 bridgehead atoms. The minimum Gasteiger partial charge on any atom is -0.305 e. The standard InChI is InChI=1S/C18H17N7OS/c1-11-7-12(2)25(22-11)17-9-16(19-10-20-17)21-18(26)14-8-13(23-24(14)3)15-5-4-6-27-15/h4-10H,1-3H3,(H,19,20,21,26). The van der Waals surface area contributed by atoms with E-state index in [2.05, 4.69) is 25.5 Å². The SMILES string of the molecule is Cc1cc(C)n(-c2cc(NC(=O)c3cc(-c4cccs4)nn3C)ncn2)n1. The van der Waals surface area contributed by atoms with Gasteiger partial charge in [-0.25, -0.2) is 14.6 Å². The highest BCUT2D eigenvalue weighted by molar-refractivity contribution is 7.13. The number of carbonyl (C=O) groups is 1. The summed E-state index contributed by atoms with van der Waals surface area (Å²) in [7, 11) is 1.74. The van der Waals surface area contributed by atoms with Crippen molar-refractivity contribution < 1.29 is 4.79 Å². The first-order valence-corrected chi connectivity index (χ1v) is 9.14. The van der Waals surface area contributed by atoms with E-state index in [1.165, 1.54) is 6.33 Å². The maximum atomic E-state index is 12.7. The molecule has 0 aliphatic heterocycles. The zero-order chi connectivity index (χ0) is 19.0. The quantitative estimate of drug-likeness (QED) is 0.589. The zero-order valence-electron chi connectivity index (χ0n) is 15.0. The van der Waals surface area contributed by atoms with Gasteiger partial charge in [-0.2, -0.15) is 10.2 Å². The van der Waals surface area contributed by atoms with Crippen molar-refractivity contribution in [1.29, 1.82) is 0 Å². The van der Waals surface area contributed by atoms with Crippen LogP contribution >= 0.6 is 11.3 Å². The van der Waals surface area contributed by atoms with E-state index in [1.54, 1.807) is 39.9 Å². The van der Waals surface area contributed by atoms with Gasteiger partial charge in [-0.15, -0.1) is 11.3 Å². The van der Waals surface area contributed by atoms with E-state index >= 15 is 0 Å². The van der Waals surface area contributed by atoms with Crippen molar-refractivity contribution in [3.8, 4) is 16.4 Å². The Kier molecular flexibility index (Phi) is 4.28. The number of hydrogen-bond donors (Lipinski definition) is 1. The summed E-state index contributed by atoms with van der Waals surface area (Å²) in [6.45, 7) is 3.86. The predicted molar refractivity (Wildman–Crippen MR) is 103 cm³/mol. The number of hydrogen-bond acceptors (Lipinski definition) is 6. The van der Waals surface area contributed by atoms with Crippen molar-refractivity contribution >= 4 is 23.1 Å². The third-order valence-electron chi connectivity index (χ3n) is 4.01. The first-order chi connectivity index (χ1) is 13.0. The number of carbonyl (C=O) groups excluding carboxylic acids is 1. The van der Waals surface area contributed by atoms with Gasteiger partial charge in [0.15, 0.2) is 5.82 Å². The molecule has 0 aliphatic rings. The maximum absolute atomic E-state index is 12.7. The van der Waals surface area contributed by atoms with Gasteiger partial charge in [-0.1, -0.05) is 6.07 Å². The Labute approximate surface area is 159 Å². The third kappa shape index (κ3) is 3.36. The Morgan fingerprint density at radius 2 is 2.00 bits per heavy atom. The van der Waals surface area contributed by atoms with Crippen molar-refractivity contribution in [2.45, 2.75) is 13.8 Å². The van der Waals surface area contributed by atoms with Gasteiger partial charge in [0, 0.05) is 18.8 Å². The van der Waals surface area contributed by atoms with Crippen LogP contribution in [0, 0.1) is 13.8 Å². The smallest absolute Gasteiger partial charge is 0.275 e. The fraction of sp³-hybridized carbons (Fsp3) is 0.167. The number of anilines is 1. The van der Waals surface area contributed by atoms with Gasteiger partial charge in [0.2, 0.25) is 0 Å². The molecule has 8 nitrogen and oxygen atoms in total. The average molecular weight is 379 g/mol. The van der Waals surface area contributed by atoms with E-state index in [9.17, 15) is 4.79 Å². The van der Waals surface area contributed by atoms with Gasteiger partial charge < -0.3 is 5.32 Å². The topological polar surface area (TPSA) is 90.5 Å². The van der Waals surface area contributed by atoms with E-state index in [-0.39, 0.29) is 5.91 Å². The Bertz CT molecular complexity index is 1110. The Hall–Kier alpha value is -3.33. The number of nitrogens with zero attached hydrogens (tertiary/aromatic N) is 6. The predicted octanol–water partition coefficient (Wildman–Crippen LogP) is 2.99. The molecule has 4 heterocycles. The second-order valence-electron chi connectivity index (χ2n) is 6.07. The lowest BCUT2D eigenvalue weighted by Gasteiger charge is -2.07. The number of thiophene rings is 1. The second-order valence-corrected chi connectivity index (χ2v) is 7.02. The number of rotatable bonds is 4. The van der Waals surface area contributed by atoms with Crippen LogP contribution in [0.2, 0.25) is 0 Å². The molecule has 0 unspecified atom stereocenters. The molecule has 0 radical (unpaired) electrons. The number of nitrogens with one attached hydrogen (secondary N) is 1. The van der Waals surface area contributed by atoms with E-state index in [1.807, 2.05) is 37.4 Å². The number of amides is 1. The van der Waals surface area contributed by atoms with Crippen LogP contribution in [0.1, 0.15) is 21.9 Å². The molecule has 0 atom stereocenters. The molecule has 0 saturated carbocycles. The highest BCUT2D eigenvalue weighted by atomic mass is 32.1. The molecule has 0 aliphatic carbocycles. The molecule has 136 valence electrons. The molecular formula is C18H17N7OS. The van der Waals surface area contributed by atoms with E-state index in [0.29, 0.717) is 17.3 Å². The summed E-state index contributed by atoms with van der Waals surface area (Å²) < 4.78 is 3.28. The van der Waals surface area contributed by atoms with Gasteiger partial charge >= 0.3 is 0 Å². The summed E-state index contributed by atoms with van der Waals surface area (Å²) in [5, 5.41) is 13.6. The molecule has 4 rings (SSSR count). The van der Waals surface area contributed by atoms with Crippen LogP contribution in [0.3, 0.4) is 0 Å². The van der Waals surface area contributed by atoms with Crippen molar-refractivity contribution in [2.24, 2.45) is 7.05 Å². The lowest BCUT2D eigenvalue weighted by atomic mass is 10.3. The van der Waals surface area contributed by atoms with E-state index < -0.39 is 0 Å². The Morgan fingerprint density at radius 1 is 1.15 bits per heavy atom. The van der Waals surface area contributed by atoms with Gasteiger partial charge in [0.1, 0.15) is 23.5 Å². The van der Waals surface area contributed by atoms with Gasteiger partial charge in [0.25, 0.3) is 5.91 Å². The molecular weight excluding hydrogens is 362 g/mol. The summed E-state index contributed by atoms with van der Waals surface area (Å²) in [5.41, 5.74) is 3.07. The van der Waals surface area contributed by atoms with E-state index in [0.717, 1.165) is 22.0 Å². The van der Waals surface area contributed by atoms with Crippen LogP contribution < -0.4 is 5.32 Å². The molecule has 1 N–H and O–H groups in total. The minimum absolute atomic E-state index is 0.286. The molecule has 0 fully saturated rings. The first kappa shape index (κ1) is 17.1. The van der Waals surface area contributed by atoms with Crippen LogP contribution in [0.4, 0.5) is 5.82 Å². The van der Waals surface area contributed by atoms with E-state index in [4.69, 9.17) is 0 Å². The summed E-state index contributed by atoms with van der Waals surface area (Å²) in [4.78, 5) is 22.1. The normalized spacial score (nSPS) is 10.9.